The maximum Gasteiger partial charge on any atom is 0.0727 e. The third-order valence-corrected chi connectivity index (χ3v) is 3.14. The van der Waals surface area contributed by atoms with Crippen LogP contribution in [0.2, 0.25) is 0 Å². The molecule has 0 saturated carbocycles. The number of fused-ring (bicyclic) bond motifs is 1. The Labute approximate surface area is 70.0 Å². The molecule has 2 rings (SSSR count). The summed E-state index contributed by atoms with van der Waals surface area (Å²) in [5, 5.41) is 0. The first kappa shape index (κ1) is 7.28. The van der Waals surface area contributed by atoms with Gasteiger partial charge >= 0.3 is 0 Å². The number of thiophene rings is 1. The van der Waals surface area contributed by atoms with Gasteiger partial charge in [0.25, 0.3) is 0 Å². The molecule has 2 N–H and O–H groups in total. The van der Waals surface area contributed by atoms with Crippen molar-refractivity contribution >= 4 is 11.3 Å². The van der Waals surface area contributed by atoms with Crippen LogP contribution in [0.1, 0.15) is 15.3 Å². The summed E-state index contributed by atoms with van der Waals surface area (Å²) in [6.07, 6.45) is 1.07. The van der Waals surface area contributed by atoms with Gasteiger partial charge in [-0.15, -0.1) is 11.3 Å². The third-order valence-electron chi connectivity index (χ3n) is 1.88. The molecule has 0 radical (unpaired) electrons. The monoisotopic (exact) mass is 169 g/mol. The first-order valence-corrected chi connectivity index (χ1v) is 4.60. The lowest BCUT2D eigenvalue weighted by molar-refractivity contribution is 0.112. The van der Waals surface area contributed by atoms with Gasteiger partial charge in [0.15, 0.2) is 0 Å². The largest absolute Gasteiger partial charge is 0.376 e. The number of nitrogens with two attached hydrogens (primary N) is 1. The van der Waals surface area contributed by atoms with Crippen molar-refractivity contribution in [3.05, 3.63) is 21.4 Å². The SMILES string of the molecule is NCc1cc2c(s1)CCOC2. The highest BCUT2D eigenvalue weighted by molar-refractivity contribution is 7.12. The fourth-order valence-corrected chi connectivity index (χ4v) is 2.34. The van der Waals surface area contributed by atoms with Crippen molar-refractivity contribution in [1.29, 1.82) is 0 Å². The highest BCUT2D eigenvalue weighted by Gasteiger charge is 2.12. The Hall–Kier alpha value is -0.380. The molecule has 1 aliphatic rings. The fraction of sp³-hybridized carbons (Fsp3) is 0.500. The van der Waals surface area contributed by atoms with Gasteiger partial charge in [0.1, 0.15) is 0 Å². The van der Waals surface area contributed by atoms with Crippen LogP contribution >= 0.6 is 11.3 Å². The molecule has 0 aliphatic carbocycles. The third kappa shape index (κ3) is 1.31. The van der Waals surface area contributed by atoms with Gasteiger partial charge in [-0.1, -0.05) is 0 Å². The standard InChI is InChI=1S/C8H11NOS/c9-4-7-3-6-5-10-2-1-8(6)11-7/h3H,1-2,4-5,9H2. The molecule has 1 aromatic heterocycles. The Morgan fingerprint density at radius 3 is 3.27 bits per heavy atom. The Kier molecular flexibility index (Phi) is 1.94. The van der Waals surface area contributed by atoms with Crippen molar-refractivity contribution in [3.63, 3.8) is 0 Å². The molecule has 0 unspecified atom stereocenters. The van der Waals surface area contributed by atoms with Crippen LogP contribution in [-0.2, 0) is 24.3 Å². The zero-order valence-electron chi connectivity index (χ0n) is 6.30. The maximum absolute atomic E-state index is 5.53. The Morgan fingerprint density at radius 2 is 2.55 bits per heavy atom. The lowest BCUT2D eigenvalue weighted by atomic mass is 10.2. The summed E-state index contributed by atoms with van der Waals surface area (Å²) < 4.78 is 5.32. The number of hydrogen-bond donors (Lipinski definition) is 1. The molecular weight excluding hydrogens is 158 g/mol. The van der Waals surface area contributed by atoms with Crippen LogP contribution in [0, 0.1) is 0 Å². The average molecular weight is 169 g/mol. The highest BCUT2D eigenvalue weighted by Crippen LogP contribution is 2.26. The van der Waals surface area contributed by atoms with E-state index in [1.807, 2.05) is 11.3 Å². The quantitative estimate of drug-likeness (QED) is 0.687. The summed E-state index contributed by atoms with van der Waals surface area (Å²) in [5.41, 5.74) is 6.88. The van der Waals surface area contributed by atoms with Crippen molar-refractivity contribution in [1.82, 2.24) is 0 Å². The minimum atomic E-state index is 0.664. The van der Waals surface area contributed by atoms with Crippen LogP contribution in [0.25, 0.3) is 0 Å². The van der Waals surface area contributed by atoms with Crippen LogP contribution in [-0.4, -0.2) is 6.61 Å². The van der Waals surface area contributed by atoms with Gasteiger partial charge in [-0.25, -0.2) is 0 Å². The van der Waals surface area contributed by atoms with E-state index in [0.717, 1.165) is 19.6 Å². The fourth-order valence-electron chi connectivity index (χ4n) is 1.31. The molecule has 60 valence electrons. The molecule has 1 aromatic rings. The van der Waals surface area contributed by atoms with E-state index in [-0.39, 0.29) is 0 Å². The second kappa shape index (κ2) is 2.93. The van der Waals surface area contributed by atoms with Gasteiger partial charge in [-0.3, -0.25) is 0 Å². The van der Waals surface area contributed by atoms with Gasteiger partial charge < -0.3 is 10.5 Å². The molecule has 11 heavy (non-hydrogen) atoms. The molecule has 3 heteroatoms. The van der Waals surface area contributed by atoms with Crippen LogP contribution in [0.4, 0.5) is 0 Å². The summed E-state index contributed by atoms with van der Waals surface area (Å²) in [6.45, 7) is 2.32. The lowest BCUT2D eigenvalue weighted by Crippen LogP contribution is -2.05. The van der Waals surface area contributed by atoms with E-state index < -0.39 is 0 Å². The number of ether oxygens (including phenoxy) is 1. The molecule has 2 heterocycles. The summed E-state index contributed by atoms with van der Waals surface area (Å²) in [5.74, 6) is 0. The van der Waals surface area contributed by atoms with Crippen LogP contribution < -0.4 is 5.73 Å². The smallest absolute Gasteiger partial charge is 0.0727 e. The number of rotatable bonds is 1. The minimum Gasteiger partial charge on any atom is -0.376 e. The molecular formula is C8H11NOS. The van der Waals surface area contributed by atoms with Crippen molar-refractivity contribution in [2.45, 2.75) is 19.6 Å². The molecule has 0 atom stereocenters. The van der Waals surface area contributed by atoms with E-state index in [1.54, 1.807) is 0 Å². The van der Waals surface area contributed by atoms with Crippen LogP contribution in [0.3, 0.4) is 0 Å². The average Bonchev–Trinajstić information content (AvgIpc) is 2.46. The van der Waals surface area contributed by atoms with Crippen molar-refractivity contribution in [3.8, 4) is 0 Å². The topological polar surface area (TPSA) is 35.2 Å². The first-order chi connectivity index (χ1) is 5.40. The zero-order chi connectivity index (χ0) is 7.68. The van der Waals surface area contributed by atoms with E-state index in [1.165, 1.54) is 15.3 Å². The summed E-state index contributed by atoms with van der Waals surface area (Å²) in [7, 11) is 0. The predicted octanol–water partition coefficient (Wildman–Crippen LogP) is 1.28. The normalized spacial score (nSPS) is 16.5. The van der Waals surface area contributed by atoms with Gasteiger partial charge in [0, 0.05) is 22.7 Å². The van der Waals surface area contributed by atoms with Crippen molar-refractivity contribution in [2.75, 3.05) is 6.61 Å². The Morgan fingerprint density at radius 1 is 1.64 bits per heavy atom. The summed E-state index contributed by atoms with van der Waals surface area (Å²) in [6, 6.07) is 2.17. The molecule has 1 aliphatic heterocycles. The Balaban J connectivity index is 2.32. The number of hydrogen-bond acceptors (Lipinski definition) is 3. The van der Waals surface area contributed by atoms with Crippen LogP contribution in [0.15, 0.2) is 6.07 Å². The van der Waals surface area contributed by atoms with Gasteiger partial charge in [0.2, 0.25) is 0 Å². The second-order valence-electron chi connectivity index (χ2n) is 2.67. The lowest BCUT2D eigenvalue weighted by Gasteiger charge is -2.10. The van der Waals surface area contributed by atoms with E-state index in [9.17, 15) is 0 Å². The van der Waals surface area contributed by atoms with E-state index in [2.05, 4.69) is 6.07 Å². The molecule has 0 bridgehead atoms. The summed E-state index contributed by atoms with van der Waals surface area (Å²) in [4.78, 5) is 2.75. The molecule has 0 amide bonds. The Bertz CT molecular complexity index is 233. The molecule has 0 aromatic carbocycles. The van der Waals surface area contributed by atoms with Crippen LogP contribution in [0.5, 0.6) is 0 Å². The molecule has 0 fully saturated rings. The maximum atomic E-state index is 5.53. The summed E-state index contributed by atoms with van der Waals surface area (Å²) >= 11 is 1.83. The molecule has 0 spiro atoms. The van der Waals surface area contributed by atoms with Crippen molar-refractivity contribution < 1.29 is 4.74 Å². The minimum absolute atomic E-state index is 0.664. The van der Waals surface area contributed by atoms with Gasteiger partial charge in [-0.2, -0.15) is 0 Å². The van der Waals surface area contributed by atoms with E-state index >= 15 is 0 Å². The van der Waals surface area contributed by atoms with Crippen molar-refractivity contribution in [2.24, 2.45) is 5.73 Å². The second-order valence-corrected chi connectivity index (χ2v) is 3.89. The molecule has 0 saturated heterocycles. The van der Waals surface area contributed by atoms with Gasteiger partial charge in [-0.05, 0) is 11.6 Å². The predicted molar refractivity (Wildman–Crippen MR) is 45.6 cm³/mol. The van der Waals surface area contributed by atoms with Gasteiger partial charge in [0.05, 0.1) is 13.2 Å². The molecule has 2 nitrogen and oxygen atoms in total. The van der Waals surface area contributed by atoms with E-state index in [4.69, 9.17) is 10.5 Å². The first-order valence-electron chi connectivity index (χ1n) is 3.78. The zero-order valence-corrected chi connectivity index (χ0v) is 7.12. The van der Waals surface area contributed by atoms with E-state index in [0.29, 0.717) is 6.54 Å². The highest BCUT2D eigenvalue weighted by atomic mass is 32.1.